The molecule has 0 saturated carbocycles. The summed E-state index contributed by atoms with van der Waals surface area (Å²) in [5.74, 6) is -0.913. The number of quaternary nitrogens is 1. The molecule has 2 amide bonds. The summed E-state index contributed by atoms with van der Waals surface area (Å²) in [6.07, 6.45) is 4.34. The van der Waals surface area contributed by atoms with Crippen LogP contribution >= 0.6 is 0 Å². The largest absolute Gasteiger partial charge is 0.467 e. The van der Waals surface area contributed by atoms with Crippen molar-refractivity contribution in [2.75, 3.05) is 32.1 Å². The second kappa shape index (κ2) is 10.4. The van der Waals surface area contributed by atoms with E-state index >= 15 is 4.39 Å². The quantitative estimate of drug-likeness (QED) is 0.310. The predicted molar refractivity (Wildman–Crippen MR) is 152 cm³/mol. The molecule has 7 rings (SSSR count). The van der Waals surface area contributed by atoms with Crippen LogP contribution in [0.4, 0.5) is 10.1 Å². The van der Waals surface area contributed by atoms with Crippen molar-refractivity contribution in [1.29, 1.82) is 5.41 Å². The molecule has 3 N–H and O–H groups in total. The summed E-state index contributed by atoms with van der Waals surface area (Å²) in [6.45, 7) is 2.65. The van der Waals surface area contributed by atoms with E-state index in [0.717, 1.165) is 0 Å². The van der Waals surface area contributed by atoms with Gasteiger partial charge in [-0.3, -0.25) is 4.79 Å². The molecule has 0 unspecified atom stereocenters. The van der Waals surface area contributed by atoms with Crippen molar-refractivity contribution >= 4 is 34.1 Å². The number of nitrogens with one attached hydrogen (secondary N) is 3. The third kappa shape index (κ3) is 4.59. The Morgan fingerprint density at radius 2 is 2.00 bits per heavy atom. The van der Waals surface area contributed by atoms with Gasteiger partial charge in [0.15, 0.2) is 0 Å². The van der Waals surface area contributed by atoms with Gasteiger partial charge in [-0.15, -0.1) is 9.69 Å². The number of aromatic nitrogens is 4. The molecule has 1 saturated heterocycles. The molecule has 210 valence electrons. The first-order valence-electron chi connectivity index (χ1n) is 13.5. The van der Waals surface area contributed by atoms with Gasteiger partial charge in [0.1, 0.15) is 24.4 Å². The van der Waals surface area contributed by atoms with E-state index in [4.69, 9.17) is 4.74 Å². The van der Waals surface area contributed by atoms with Crippen LogP contribution in [-0.4, -0.2) is 64.1 Å². The normalized spacial score (nSPS) is 19.5. The van der Waals surface area contributed by atoms with Crippen molar-refractivity contribution in [2.45, 2.75) is 26.3 Å². The van der Waals surface area contributed by atoms with Gasteiger partial charge < -0.3 is 20.8 Å². The second-order valence-electron chi connectivity index (χ2n) is 10.4. The number of methoxy groups -OCH3 is 1. The first-order chi connectivity index (χ1) is 19.8. The lowest BCUT2D eigenvalue weighted by Gasteiger charge is -2.39. The van der Waals surface area contributed by atoms with Gasteiger partial charge in [-0.25, -0.2) is 14.2 Å². The molecular formula is C29H30FN8O3+. The van der Waals surface area contributed by atoms with Gasteiger partial charge in [0.25, 0.3) is 0 Å². The number of amides is 2. The van der Waals surface area contributed by atoms with E-state index in [2.05, 4.69) is 25.7 Å². The summed E-state index contributed by atoms with van der Waals surface area (Å²) in [5, 5.41) is 20.4. The molecular weight excluding hydrogens is 527 g/mol. The van der Waals surface area contributed by atoms with Gasteiger partial charge in [-0.1, -0.05) is 16.9 Å². The number of anilines is 1. The van der Waals surface area contributed by atoms with Crippen molar-refractivity contribution in [2.24, 2.45) is 5.92 Å². The molecule has 2 aromatic carbocycles. The molecule has 3 aliphatic heterocycles. The topological polar surface area (TPSA) is 135 Å². The molecule has 1 fully saturated rings. The molecule has 0 radical (unpaired) electrons. The summed E-state index contributed by atoms with van der Waals surface area (Å²) in [5.41, 5.74) is 3.61. The maximum Gasteiger partial charge on any atom is 0.336 e. The lowest BCUT2D eigenvalue weighted by molar-refractivity contribution is -0.137. The number of fused-ring (bicyclic) bond motifs is 2. The van der Waals surface area contributed by atoms with Crippen molar-refractivity contribution in [3.63, 3.8) is 0 Å². The minimum absolute atomic E-state index is 0.0121. The van der Waals surface area contributed by atoms with E-state index < -0.39 is 5.82 Å². The van der Waals surface area contributed by atoms with Gasteiger partial charge in [0.2, 0.25) is 5.91 Å². The standard InChI is InChI=1S/C29H29FN8O3/c1-17(39)38-10-7-18(8-11-38)28(31)27-21(22-13-25-19(12-23(22)30)14-35-37(25)38)4-3-5-24(27)33-16-26(40)34-15-20-6-9-32-29(36-20)41-2/h3-6,9,12-14,18H,7-8,10-11,15-16H2,1-2H3,(H2-,31,33,34,40)/p+1. The Bertz CT molecular complexity index is 1690. The van der Waals surface area contributed by atoms with Crippen LogP contribution in [0.1, 0.15) is 31.0 Å². The number of hydrogen-bond acceptors (Lipinski definition) is 8. The van der Waals surface area contributed by atoms with Crippen molar-refractivity contribution < 1.29 is 18.7 Å². The number of halogens is 1. The number of ether oxygens (including phenoxy) is 1. The van der Waals surface area contributed by atoms with E-state index in [1.54, 1.807) is 54.4 Å². The molecule has 0 spiro atoms. The van der Waals surface area contributed by atoms with Crippen molar-refractivity contribution in [3.8, 4) is 17.1 Å². The summed E-state index contributed by atoms with van der Waals surface area (Å²) in [6, 6.07) is 10.4. The van der Waals surface area contributed by atoms with Crippen LogP contribution in [0.2, 0.25) is 0 Å². The van der Waals surface area contributed by atoms with Gasteiger partial charge >= 0.3 is 11.9 Å². The number of piperidine rings is 1. The third-order valence-electron chi connectivity index (χ3n) is 8.09. The zero-order chi connectivity index (χ0) is 28.7. The number of carbonyl (C=O) groups is 2. The Hall–Kier alpha value is -4.71. The third-order valence-corrected chi connectivity index (χ3v) is 8.09. The van der Waals surface area contributed by atoms with Gasteiger partial charge in [0.05, 0.1) is 39.0 Å². The Kier molecular flexibility index (Phi) is 6.70. The van der Waals surface area contributed by atoms with E-state index in [-0.39, 0.29) is 41.4 Å². The maximum absolute atomic E-state index is 15.6. The van der Waals surface area contributed by atoms with Crippen LogP contribution in [0.25, 0.3) is 22.0 Å². The van der Waals surface area contributed by atoms with Gasteiger partial charge in [0, 0.05) is 52.9 Å². The van der Waals surface area contributed by atoms with Crippen molar-refractivity contribution in [1.82, 2.24) is 29.8 Å². The SMILES string of the molecule is COc1nccc(CNC(=O)CNc2cccc3c2C(=N)C2CC[N+](C(C)=O)(CC2)n2ncc4cc(F)c-3cc42)n1. The Morgan fingerprint density at radius 1 is 1.20 bits per heavy atom. The molecule has 2 aromatic heterocycles. The number of rotatable bonds is 6. The average molecular weight is 558 g/mol. The molecule has 4 bridgehead atoms. The van der Waals surface area contributed by atoms with E-state index in [9.17, 15) is 15.0 Å². The number of nitrogens with zero attached hydrogens (tertiary/aromatic N) is 5. The highest BCUT2D eigenvalue weighted by Gasteiger charge is 2.44. The average Bonchev–Trinajstić information content (AvgIpc) is 3.40. The summed E-state index contributed by atoms with van der Waals surface area (Å²) in [7, 11) is 1.47. The molecule has 4 aromatic rings. The first-order valence-corrected chi connectivity index (χ1v) is 13.5. The first kappa shape index (κ1) is 26.5. The Morgan fingerprint density at radius 3 is 2.76 bits per heavy atom. The highest BCUT2D eigenvalue weighted by atomic mass is 19.1. The molecule has 41 heavy (non-hydrogen) atoms. The van der Waals surface area contributed by atoms with Crippen LogP contribution < -0.4 is 20.0 Å². The second-order valence-corrected chi connectivity index (χ2v) is 10.4. The minimum Gasteiger partial charge on any atom is -0.467 e. The molecule has 12 heteroatoms. The summed E-state index contributed by atoms with van der Waals surface area (Å²) < 4.78 is 20.7. The van der Waals surface area contributed by atoms with Crippen LogP contribution in [0.5, 0.6) is 6.01 Å². The number of benzene rings is 2. The van der Waals surface area contributed by atoms with Crippen LogP contribution in [0.15, 0.2) is 48.8 Å². The summed E-state index contributed by atoms with van der Waals surface area (Å²) >= 11 is 0. The van der Waals surface area contributed by atoms with E-state index in [1.807, 2.05) is 0 Å². The fourth-order valence-electron chi connectivity index (χ4n) is 5.88. The highest BCUT2D eigenvalue weighted by molar-refractivity contribution is 6.11. The monoisotopic (exact) mass is 557 g/mol. The lowest BCUT2D eigenvalue weighted by Crippen LogP contribution is -2.65. The molecule has 5 heterocycles. The van der Waals surface area contributed by atoms with Gasteiger partial charge in [-0.2, -0.15) is 4.98 Å². The smallest absolute Gasteiger partial charge is 0.336 e. The maximum atomic E-state index is 15.6. The fourth-order valence-corrected chi connectivity index (χ4v) is 5.88. The zero-order valence-electron chi connectivity index (χ0n) is 22.8. The lowest BCUT2D eigenvalue weighted by atomic mass is 9.84. The molecule has 3 aliphatic rings. The molecule has 11 nitrogen and oxygen atoms in total. The van der Waals surface area contributed by atoms with E-state index in [1.165, 1.54) is 13.2 Å². The van der Waals surface area contributed by atoms with Crippen molar-refractivity contribution in [3.05, 3.63) is 65.9 Å². The Labute approximate surface area is 235 Å². The van der Waals surface area contributed by atoms with Crippen LogP contribution in [-0.2, 0) is 16.1 Å². The van der Waals surface area contributed by atoms with Crippen LogP contribution in [0, 0.1) is 17.1 Å². The number of hydrogen-bond donors (Lipinski definition) is 3. The van der Waals surface area contributed by atoms with Gasteiger partial charge in [-0.05, 0) is 29.8 Å². The zero-order valence-corrected chi connectivity index (χ0v) is 22.8. The fraction of sp³-hybridized carbons (Fsp3) is 0.310. The molecule has 0 aliphatic carbocycles. The highest BCUT2D eigenvalue weighted by Crippen LogP contribution is 2.39. The Balaban J connectivity index is 1.36. The minimum atomic E-state index is -0.447. The summed E-state index contributed by atoms with van der Waals surface area (Å²) in [4.78, 5) is 35.7. The van der Waals surface area contributed by atoms with Crippen LogP contribution in [0.3, 0.4) is 0 Å². The number of carbonyl (C=O) groups excluding carboxylic acids is 2. The van der Waals surface area contributed by atoms with E-state index in [0.29, 0.717) is 70.6 Å². The molecule has 0 atom stereocenters. The predicted octanol–water partition coefficient (Wildman–Crippen LogP) is 3.15.